The zero-order valence-corrected chi connectivity index (χ0v) is 19.5. The van der Waals surface area contributed by atoms with E-state index < -0.39 is 5.97 Å². The zero-order valence-electron chi connectivity index (χ0n) is 18.7. The minimum atomic E-state index is -0.734. The van der Waals surface area contributed by atoms with E-state index in [-0.39, 0.29) is 23.8 Å². The van der Waals surface area contributed by atoms with Crippen molar-refractivity contribution in [1.29, 1.82) is 0 Å². The van der Waals surface area contributed by atoms with Crippen molar-refractivity contribution >= 4 is 33.3 Å². The quantitative estimate of drug-likeness (QED) is 0.381. The third kappa shape index (κ3) is 4.43. The Hall–Kier alpha value is -2.14. The average molecular weight is 440 g/mol. The molecular formula is C26H33NO3S. The van der Waals surface area contributed by atoms with Gasteiger partial charge in [0.05, 0.1) is 5.56 Å². The second kappa shape index (κ2) is 8.78. The number of nitrogens with one attached hydrogen (secondary N) is 1. The largest absolute Gasteiger partial charge is 0.481 e. The Morgan fingerprint density at radius 3 is 2.81 bits per heavy atom. The number of hydrogen-bond acceptors (Lipinski definition) is 3. The number of aryl methyl sites for hydroxylation is 1. The lowest BCUT2D eigenvalue weighted by Gasteiger charge is -2.62. The summed E-state index contributed by atoms with van der Waals surface area (Å²) < 4.78 is 1.16. The van der Waals surface area contributed by atoms with Crippen LogP contribution < -0.4 is 5.32 Å². The van der Waals surface area contributed by atoms with Gasteiger partial charge in [-0.05, 0) is 74.3 Å². The summed E-state index contributed by atoms with van der Waals surface area (Å²) in [6, 6.07) is 6.50. The molecule has 3 aliphatic rings. The fraction of sp³-hybridized carbons (Fsp3) is 0.538. The predicted octanol–water partition coefficient (Wildman–Crippen LogP) is 6.19. The van der Waals surface area contributed by atoms with Crippen LogP contribution >= 0.6 is 11.3 Å². The van der Waals surface area contributed by atoms with Crippen molar-refractivity contribution in [3.8, 4) is 0 Å². The van der Waals surface area contributed by atoms with Crippen molar-refractivity contribution in [2.75, 3.05) is 0 Å². The lowest BCUT2D eigenvalue weighted by Crippen LogP contribution is -2.63. The summed E-state index contributed by atoms with van der Waals surface area (Å²) in [5.41, 5.74) is 2.25. The highest BCUT2D eigenvalue weighted by atomic mass is 32.1. The number of hydrogen-bond donors (Lipinski definition) is 2. The zero-order chi connectivity index (χ0) is 22.2. The number of carbonyl (C=O) groups is 2. The molecule has 0 radical (unpaired) electrons. The van der Waals surface area contributed by atoms with Crippen LogP contribution in [0.3, 0.4) is 0 Å². The van der Waals surface area contributed by atoms with E-state index in [9.17, 15) is 9.59 Å². The highest BCUT2D eigenvalue weighted by Crippen LogP contribution is 2.61. The summed E-state index contributed by atoms with van der Waals surface area (Å²) in [6.07, 6.45) is 9.32. The third-order valence-corrected chi connectivity index (χ3v) is 8.68. The van der Waals surface area contributed by atoms with Crippen molar-refractivity contribution in [3.63, 3.8) is 0 Å². The molecule has 1 amide bonds. The molecular weight excluding hydrogens is 406 g/mol. The molecule has 0 aliphatic heterocycles. The molecule has 0 saturated heterocycles. The van der Waals surface area contributed by atoms with Crippen molar-refractivity contribution in [2.24, 2.45) is 23.2 Å². The second-order valence-electron chi connectivity index (χ2n) is 10.00. The summed E-state index contributed by atoms with van der Waals surface area (Å²) >= 11 is 1.63. The Kier molecular flexibility index (Phi) is 6.25. The predicted molar refractivity (Wildman–Crippen MR) is 127 cm³/mol. The number of allylic oxidation sites excluding steroid dienone is 2. The Morgan fingerprint density at radius 2 is 2.06 bits per heavy atom. The third-order valence-electron chi connectivity index (χ3n) is 7.71. The molecule has 1 unspecified atom stereocenters. The van der Waals surface area contributed by atoms with Gasteiger partial charge >= 0.3 is 5.97 Å². The van der Waals surface area contributed by atoms with E-state index >= 15 is 0 Å². The molecule has 3 aliphatic carbocycles. The topological polar surface area (TPSA) is 66.4 Å². The van der Waals surface area contributed by atoms with Crippen LogP contribution in [0.2, 0.25) is 0 Å². The molecule has 3 saturated carbocycles. The van der Waals surface area contributed by atoms with Gasteiger partial charge in [0.15, 0.2) is 0 Å². The first-order valence-corrected chi connectivity index (χ1v) is 12.3. The van der Waals surface area contributed by atoms with Gasteiger partial charge in [0, 0.05) is 27.9 Å². The Bertz CT molecular complexity index is 1010. The highest BCUT2D eigenvalue weighted by Gasteiger charge is 2.57. The van der Waals surface area contributed by atoms with Crippen LogP contribution in [0.25, 0.3) is 10.1 Å². The molecule has 1 aromatic carbocycles. The molecule has 5 heteroatoms. The highest BCUT2D eigenvalue weighted by molar-refractivity contribution is 7.17. The number of rotatable bonds is 8. The molecule has 1 heterocycles. The summed E-state index contributed by atoms with van der Waals surface area (Å²) in [6.45, 7) is 6.77. The monoisotopic (exact) mass is 439 g/mol. The summed E-state index contributed by atoms with van der Waals surface area (Å²) in [5.74, 6) is 1.02. The van der Waals surface area contributed by atoms with Gasteiger partial charge in [0.2, 0.25) is 0 Å². The minimum Gasteiger partial charge on any atom is -0.481 e. The van der Waals surface area contributed by atoms with E-state index in [0.717, 1.165) is 40.8 Å². The lowest BCUT2D eigenvalue weighted by molar-refractivity contribution is -0.137. The second-order valence-corrected chi connectivity index (χ2v) is 10.9. The number of unbranched alkanes of at least 4 members (excludes halogenated alkanes) is 1. The van der Waals surface area contributed by atoms with E-state index in [1.807, 2.05) is 5.38 Å². The molecule has 5 rings (SSSR count). The maximum absolute atomic E-state index is 13.3. The maximum Gasteiger partial charge on any atom is 0.303 e. The first-order valence-electron chi connectivity index (χ1n) is 11.4. The summed E-state index contributed by atoms with van der Waals surface area (Å²) in [4.78, 5) is 24.0. The van der Waals surface area contributed by atoms with Crippen LogP contribution in [-0.2, 0) is 4.79 Å². The number of carboxylic acids is 1. The van der Waals surface area contributed by atoms with Crippen LogP contribution in [0, 0.1) is 30.1 Å². The molecule has 31 heavy (non-hydrogen) atoms. The first kappa shape index (κ1) is 22.1. The number of carboxylic acid groups (broad SMARTS) is 1. The average Bonchev–Trinajstić information content (AvgIpc) is 3.13. The number of aliphatic carboxylic acids is 1. The molecule has 2 N–H and O–H groups in total. The van der Waals surface area contributed by atoms with E-state index in [1.54, 1.807) is 11.3 Å². The van der Waals surface area contributed by atoms with Gasteiger partial charge in [0.25, 0.3) is 5.91 Å². The van der Waals surface area contributed by atoms with Gasteiger partial charge in [-0.1, -0.05) is 37.6 Å². The number of fused-ring (bicyclic) bond motifs is 3. The number of amides is 1. The molecule has 3 fully saturated rings. The maximum atomic E-state index is 13.3. The van der Waals surface area contributed by atoms with Crippen molar-refractivity contribution in [2.45, 2.75) is 65.3 Å². The molecule has 0 spiro atoms. The minimum absolute atomic E-state index is 0.0541. The molecule has 2 bridgehead atoms. The van der Waals surface area contributed by atoms with Gasteiger partial charge in [-0.3, -0.25) is 9.59 Å². The summed E-state index contributed by atoms with van der Waals surface area (Å²) in [7, 11) is 0. The van der Waals surface area contributed by atoms with Crippen LogP contribution in [-0.4, -0.2) is 23.0 Å². The van der Waals surface area contributed by atoms with Crippen molar-refractivity contribution in [1.82, 2.24) is 5.32 Å². The lowest BCUT2D eigenvalue weighted by atomic mass is 9.44. The Morgan fingerprint density at radius 1 is 1.26 bits per heavy atom. The van der Waals surface area contributed by atoms with E-state index in [0.29, 0.717) is 18.3 Å². The number of benzene rings is 1. The molecule has 4 atom stereocenters. The van der Waals surface area contributed by atoms with Gasteiger partial charge < -0.3 is 10.4 Å². The molecule has 4 nitrogen and oxygen atoms in total. The van der Waals surface area contributed by atoms with Gasteiger partial charge in [-0.2, -0.15) is 0 Å². The van der Waals surface area contributed by atoms with Crippen molar-refractivity contribution < 1.29 is 14.7 Å². The molecule has 2 aromatic rings. The molecule has 166 valence electrons. The van der Waals surface area contributed by atoms with Gasteiger partial charge in [0.1, 0.15) is 0 Å². The van der Waals surface area contributed by atoms with Crippen LogP contribution in [0.4, 0.5) is 0 Å². The van der Waals surface area contributed by atoms with Crippen molar-refractivity contribution in [3.05, 3.63) is 46.9 Å². The smallest absolute Gasteiger partial charge is 0.303 e. The van der Waals surface area contributed by atoms with Gasteiger partial charge in [-0.15, -0.1) is 11.3 Å². The van der Waals surface area contributed by atoms with E-state index in [4.69, 9.17) is 5.11 Å². The van der Waals surface area contributed by atoms with Crippen LogP contribution in [0.5, 0.6) is 0 Å². The van der Waals surface area contributed by atoms with E-state index in [2.05, 4.69) is 56.4 Å². The number of carbonyl (C=O) groups excluding carboxylic acids is 1. The molecule has 1 aromatic heterocycles. The summed E-state index contributed by atoms with van der Waals surface area (Å²) in [5, 5.41) is 15.3. The van der Waals surface area contributed by atoms with Crippen LogP contribution in [0.15, 0.2) is 35.7 Å². The first-order chi connectivity index (χ1) is 14.8. The Balaban J connectivity index is 1.46. The van der Waals surface area contributed by atoms with Gasteiger partial charge in [-0.25, -0.2) is 0 Å². The number of thiophene rings is 1. The fourth-order valence-electron chi connectivity index (χ4n) is 5.68. The normalized spacial score (nSPS) is 26.7. The fourth-order valence-corrected chi connectivity index (χ4v) is 6.60. The Labute approximate surface area is 188 Å². The SMILES string of the molecule is Cc1ccc2scc(C(=O)NC3[C@@H](CC=CCCCC(=O)O)C[C@@H]4C[C@H]3C4(C)C)c2c1. The standard InChI is InChI=1S/C26H33NO3S/c1-16-10-11-22-19(12-16)20(15-31-22)25(30)27-24-17(8-6-4-5-7-9-23(28)29)13-18-14-21(24)26(18,2)3/h4,6,10-12,15,17-18,21,24H,5,7-9,13-14H2,1-3H3,(H,27,30)(H,28,29)/t17-,18+,21+,24?/m0/s1. The van der Waals surface area contributed by atoms with Crippen LogP contribution in [0.1, 0.15) is 68.3 Å². The van der Waals surface area contributed by atoms with E-state index in [1.165, 1.54) is 12.0 Å².